The zero-order valence-corrected chi connectivity index (χ0v) is 19.5. The molecule has 0 aliphatic carbocycles. The molecule has 35 heavy (non-hydrogen) atoms. The average molecular weight is 475 g/mol. The number of piperidine rings is 1. The van der Waals surface area contributed by atoms with Gasteiger partial charge in [-0.05, 0) is 41.8 Å². The van der Waals surface area contributed by atoms with Gasteiger partial charge in [0.2, 0.25) is 0 Å². The quantitative estimate of drug-likeness (QED) is 0.515. The van der Waals surface area contributed by atoms with Crippen LogP contribution in [0.1, 0.15) is 27.9 Å². The molecular weight excluding hydrogens is 444 g/mol. The normalized spacial score (nSPS) is 17.5. The lowest BCUT2D eigenvalue weighted by molar-refractivity contribution is 0.0139. The Morgan fingerprint density at radius 3 is 2.14 bits per heavy atom. The highest BCUT2D eigenvalue weighted by molar-refractivity contribution is 5.94. The maximum absolute atomic E-state index is 12.6. The number of amides is 2. The Balaban J connectivity index is 1.19. The van der Waals surface area contributed by atoms with Crippen LogP contribution in [0.2, 0.25) is 0 Å². The molecule has 3 aromatic carbocycles. The number of carbonyl (C=O) groups is 2. The monoisotopic (exact) mass is 474 g/mol. The molecule has 3 aromatic rings. The smallest absolute Gasteiger partial charge is 0.410 e. The lowest BCUT2D eigenvalue weighted by Crippen LogP contribution is -2.49. The predicted octanol–water partition coefficient (Wildman–Crippen LogP) is 4.02. The van der Waals surface area contributed by atoms with Crippen LogP contribution in [0.15, 0.2) is 84.9 Å². The van der Waals surface area contributed by atoms with Crippen LogP contribution < -0.4 is 10.1 Å². The molecule has 2 N–H and O–H groups in total. The summed E-state index contributed by atoms with van der Waals surface area (Å²) in [7, 11) is 0. The van der Waals surface area contributed by atoms with E-state index in [1.807, 2.05) is 60.7 Å². The van der Waals surface area contributed by atoms with Gasteiger partial charge in [-0.15, -0.1) is 0 Å². The number of carbonyl (C=O) groups excluding carboxylic acids is 2. The largest absolute Gasteiger partial charge is 0.489 e. The fourth-order valence-corrected chi connectivity index (χ4v) is 3.96. The van der Waals surface area contributed by atoms with Gasteiger partial charge in [0.05, 0.1) is 12.6 Å². The fourth-order valence-electron chi connectivity index (χ4n) is 3.96. The van der Waals surface area contributed by atoms with E-state index in [2.05, 4.69) is 5.32 Å². The molecular formula is C28H30N2O5. The molecule has 0 unspecified atom stereocenters. The lowest BCUT2D eigenvalue weighted by Gasteiger charge is -2.35. The van der Waals surface area contributed by atoms with E-state index in [1.165, 1.54) is 4.90 Å². The third-order valence-corrected chi connectivity index (χ3v) is 6.07. The molecule has 1 heterocycles. The summed E-state index contributed by atoms with van der Waals surface area (Å²) in [5.74, 6) is 0.342. The predicted molar refractivity (Wildman–Crippen MR) is 132 cm³/mol. The maximum atomic E-state index is 12.6. The second-order valence-electron chi connectivity index (χ2n) is 8.61. The first-order valence-corrected chi connectivity index (χ1v) is 11.8. The second-order valence-corrected chi connectivity index (χ2v) is 8.61. The molecule has 1 saturated heterocycles. The summed E-state index contributed by atoms with van der Waals surface area (Å²) in [6, 6.07) is 26.3. The summed E-state index contributed by atoms with van der Waals surface area (Å²) in [6.45, 7) is 1.64. The molecule has 1 aliphatic rings. The van der Waals surface area contributed by atoms with Crippen molar-refractivity contribution in [1.29, 1.82) is 0 Å². The molecule has 0 bridgehead atoms. The van der Waals surface area contributed by atoms with E-state index in [9.17, 15) is 14.7 Å². The van der Waals surface area contributed by atoms with Crippen LogP contribution in [0.4, 0.5) is 4.79 Å². The zero-order chi connectivity index (χ0) is 24.5. The van der Waals surface area contributed by atoms with E-state index in [4.69, 9.17) is 9.47 Å². The van der Waals surface area contributed by atoms with E-state index >= 15 is 0 Å². The van der Waals surface area contributed by atoms with E-state index in [0.717, 1.165) is 11.1 Å². The summed E-state index contributed by atoms with van der Waals surface area (Å²) >= 11 is 0. The Morgan fingerprint density at radius 2 is 1.51 bits per heavy atom. The van der Waals surface area contributed by atoms with Crippen LogP contribution in [-0.2, 0) is 18.0 Å². The van der Waals surface area contributed by atoms with Gasteiger partial charge >= 0.3 is 6.09 Å². The van der Waals surface area contributed by atoms with E-state index < -0.39 is 12.2 Å². The number of hydrogen-bond acceptors (Lipinski definition) is 5. The van der Waals surface area contributed by atoms with Crippen LogP contribution in [-0.4, -0.2) is 47.7 Å². The molecule has 4 rings (SSSR count). The van der Waals surface area contributed by atoms with E-state index in [-0.39, 0.29) is 25.0 Å². The summed E-state index contributed by atoms with van der Waals surface area (Å²) < 4.78 is 11.1. The first-order valence-electron chi connectivity index (χ1n) is 11.8. The average Bonchev–Trinajstić information content (AvgIpc) is 2.91. The SMILES string of the molecule is O=C(NC[C@@H]1CCN(C(=O)OCc2ccccc2)C[C@H]1O)c1ccc(OCc2ccccc2)cc1. The zero-order valence-electron chi connectivity index (χ0n) is 19.5. The van der Waals surface area contributed by atoms with Crippen LogP contribution in [0.25, 0.3) is 0 Å². The Labute approximate surface area is 205 Å². The van der Waals surface area contributed by atoms with Crippen LogP contribution in [0, 0.1) is 5.92 Å². The summed E-state index contributed by atoms with van der Waals surface area (Å²) in [5, 5.41) is 13.4. The minimum atomic E-state index is -0.734. The van der Waals surface area contributed by atoms with Crippen molar-refractivity contribution >= 4 is 12.0 Å². The molecule has 1 aliphatic heterocycles. The van der Waals surface area contributed by atoms with Crippen LogP contribution in [0.5, 0.6) is 5.75 Å². The van der Waals surface area contributed by atoms with Crippen molar-refractivity contribution in [1.82, 2.24) is 10.2 Å². The van der Waals surface area contributed by atoms with Gasteiger partial charge < -0.3 is 24.8 Å². The van der Waals surface area contributed by atoms with Gasteiger partial charge in [0.15, 0.2) is 0 Å². The maximum Gasteiger partial charge on any atom is 0.410 e. The molecule has 0 aromatic heterocycles. The highest BCUT2D eigenvalue weighted by Crippen LogP contribution is 2.19. The van der Waals surface area contributed by atoms with Crippen molar-refractivity contribution in [3.8, 4) is 5.75 Å². The molecule has 2 amide bonds. The number of hydrogen-bond donors (Lipinski definition) is 2. The summed E-state index contributed by atoms with van der Waals surface area (Å²) in [6.07, 6.45) is -0.597. The highest BCUT2D eigenvalue weighted by atomic mass is 16.6. The van der Waals surface area contributed by atoms with Gasteiger partial charge in [0, 0.05) is 24.6 Å². The van der Waals surface area contributed by atoms with Crippen molar-refractivity contribution in [2.45, 2.75) is 25.7 Å². The van der Waals surface area contributed by atoms with Crippen molar-refractivity contribution in [2.24, 2.45) is 5.92 Å². The van der Waals surface area contributed by atoms with E-state index in [0.29, 0.717) is 37.4 Å². The number of nitrogens with zero attached hydrogens (tertiary/aromatic N) is 1. The number of nitrogens with one attached hydrogen (secondary N) is 1. The third kappa shape index (κ3) is 7.07. The van der Waals surface area contributed by atoms with E-state index in [1.54, 1.807) is 24.3 Å². The topological polar surface area (TPSA) is 88.1 Å². The first kappa shape index (κ1) is 24.3. The Kier molecular flexibility index (Phi) is 8.35. The first-order chi connectivity index (χ1) is 17.1. The molecule has 7 heteroatoms. The standard InChI is InChI=1S/C28H30N2O5/c31-26-18-30(28(33)35-20-22-9-5-2-6-10-22)16-15-24(26)17-29-27(32)23-11-13-25(14-12-23)34-19-21-7-3-1-4-8-21/h1-14,24,26,31H,15-20H2,(H,29,32)/t24-,26+/m0/s1. The molecule has 0 saturated carbocycles. The molecule has 7 nitrogen and oxygen atoms in total. The molecule has 182 valence electrons. The number of ether oxygens (including phenoxy) is 2. The minimum Gasteiger partial charge on any atom is -0.489 e. The fraction of sp³-hybridized carbons (Fsp3) is 0.286. The molecule has 0 spiro atoms. The molecule has 1 fully saturated rings. The number of aliphatic hydroxyl groups is 1. The third-order valence-electron chi connectivity index (χ3n) is 6.07. The Morgan fingerprint density at radius 1 is 0.886 bits per heavy atom. The summed E-state index contributed by atoms with van der Waals surface area (Å²) in [5.41, 5.74) is 2.51. The van der Waals surface area contributed by atoms with Gasteiger partial charge in [0.25, 0.3) is 5.91 Å². The Bertz CT molecular complexity index is 1090. The van der Waals surface area contributed by atoms with Crippen molar-refractivity contribution in [3.63, 3.8) is 0 Å². The molecule has 2 atom stereocenters. The second kappa shape index (κ2) is 12.0. The molecule has 0 radical (unpaired) electrons. The van der Waals surface area contributed by atoms with Crippen molar-refractivity contribution < 1.29 is 24.2 Å². The van der Waals surface area contributed by atoms with Gasteiger partial charge in [-0.25, -0.2) is 4.79 Å². The van der Waals surface area contributed by atoms with Gasteiger partial charge in [-0.3, -0.25) is 4.79 Å². The van der Waals surface area contributed by atoms with Crippen LogP contribution >= 0.6 is 0 Å². The van der Waals surface area contributed by atoms with Crippen LogP contribution in [0.3, 0.4) is 0 Å². The van der Waals surface area contributed by atoms with Gasteiger partial charge in [-0.2, -0.15) is 0 Å². The highest BCUT2D eigenvalue weighted by Gasteiger charge is 2.31. The number of benzene rings is 3. The van der Waals surface area contributed by atoms with Crippen molar-refractivity contribution in [3.05, 3.63) is 102 Å². The number of rotatable bonds is 8. The number of β-amino-alcohol motifs (C(OH)–C–C–N with tert-alkyl or cyclic N) is 1. The van der Waals surface area contributed by atoms with Gasteiger partial charge in [0.1, 0.15) is 19.0 Å². The lowest BCUT2D eigenvalue weighted by atomic mass is 9.94. The summed E-state index contributed by atoms with van der Waals surface area (Å²) in [4.78, 5) is 26.4. The number of likely N-dealkylation sites (tertiary alicyclic amines) is 1. The Hall–Kier alpha value is -3.84. The number of aliphatic hydroxyl groups excluding tert-OH is 1. The minimum absolute atomic E-state index is 0.134. The van der Waals surface area contributed by atoms with Gasteiger partial charge in [-0.1, -0.05) is 60.7 Å². The van der Waals surface area contributed by atoms with Crippen molar-refractivity contribution in [2.75, 3.05) is 19.6 Å².